The Morgan fingerprint density at radius 1 is 1.34 bits per heavy atom. The molecule has 0 aliphatic rings. The lowest BCUT2D eigenvalue weighted by Gasteiger charge is -2.12. The average molecular weight is 416 g/mol. The van der Waals surface area contributed by atoms with Crippen LogP contribution >= 0.6 is 11.5 Å². The Kier molecular flexibility index (Phi) is 5.12. The fourth-order valence-corrected chi connectivity index (χ4v) is 3.28. The molecule has 0 fully saturated rings. The molecule has 1 amide bonds. The first-order valence-corrected chi connectivity index (χ1v) is 9.30. The van der Waals surface area contributed by atoms with Crippen molar-refractivity contribution >= 4 is 17.4 Å². The summed E-state index contributed by atoms with van der Waals surface area (Å²) in [5.41, 5.74) is 2.44. The van der Waals surface area contributed by atoms with Crippen LogP contribution < -0.4 is 5.32 Å². The number of nitrogens with zero attached hydrogens (tertiary/aromatic N) is 5. The molecule has 0 radical (unpaired) electrons. The minimum absolute atomic E-state index is 0.0119. The van der Waals surface area contributed by atoms with Crippen LogP contribution in [0, 0.1) is 11.6 Å². The summed E-state index contributed by atoms with van der Waals surface area (Å²) in [5.74, 6) is -1.72. The van der Waals surface area contributed by atoms with Gasteiger partial charge < -0.3 is 9.84 Å². The number of hydrogen-bond donors (Lipinski definition) is 1. The highest BCUT2D eigenvalue weighted by Crippen LogP contribution is 2.25. The van der Waals surface area contributed by atoms with Crippen molar-refractivity contribution in [1.82, 2.24) is 29.6 Å². The van der Waals surface area contributed by atoms with E-state index >= 15 is 0 Å². The Bertz CT molecular complexity index is 1140. The maximum absolute atomic E-state index is 13.9. The molecule has 1 aromatic carbocycles. The van der Waals surface area contributed by atoms with Crippen molar-refractivity contribution in [2.45, 2.75) is 5.92 Å². The van der Waals surface area contributed by atoms with Gasteiger partial charge >= 0.3 is 0 Å². The van der Waals surface area contributed by atoms with Gasteiger partial charge in [-0.1, -0.05) is 5.16 Å². The summed E-state index contributed by atoms with van der Waals surface area (Å²) in [6, 6.07) is 4.35. The van der Waals surface area contributed by atoms with Crippen molar-refractivity contribution in [1.29, 1.82) is 0 Å². The summed E-state index contributed by atoms with van der Waals surface area (Å²) < 4.78 is 37.9. The Balaban J connectivity index is 1.49. The summed E-state index contributed by atoms with van der Waals surface area (Å²) in [4.78, 5) is 16.7. The maximum atomic E-state index is 13.9. The van der Waals surface area contributed by atoms with Crippen LogP contribution in [-0.4, -0.2) is 36.7 Å². The number of aryl methyl sites for hydroxylation is 1. The smallest absolute Gasteiger partial charge is 0.273 e. The third kappa shape index (κ3) is 4.04. The van der Waals surface area contributed by atoms with Crippen LogP contribution in [-0.2, 0) is 7.05 Å². The van der Waals surface area contributed by atoms with Gasteiger partial charge in [0.1, 0.15) is 17.1 Å². The second-order valence-electron chi connectivity index (χ2n) is 6.20. The molecule has 1 atom stereocenters. The number of hydrogen-bond acceptors (Lipinski definition) is 7. The molecule has 1 unspecified atom stereocenters. The monoisotopic (exact) mass is 416 g/mol. The minimum Gasteiger partial charge on any atom is -0.355 e. The van der Waals surface area contributed by atoms with E-state index in [-0.39, 0.29) is 29.5 Å². The number of nitrogens with one attached hydrogen (secondary N) is 1. The van der Waals surface area contributed by atoms with Gasteiger partial charge in [-0.15, -0.1) is 0 Å². The van der Waals surface area contributed by atoms with Crippen LogP contribution in [0.3, 0.4) is 0 Å². The predicted molar refractivity (Wildman–Crippen MR) is 99.1 cm³/mol. The predicted octanol–water partition coefficient (Wildman–Crippen LogP) is 2.77. The number of carbonyl (C=O) groups is 1. The summed E-state index contributed by atoms with van der Waals surface area (Å²) in [5, 5.41) is 10.6. The Morgan fingerprint density at radius 2 is 2.21 bits per heavy atom. The topological polar surface area (TPSA) is 98.7 Å². The molecule has 0 spiro atoms. The number of benzene rings is 1. The summed E-state index contributed by atoms with van der Waals surface area (Å²) in [7, 11) is 1.79. The van der Waals surface area contributed by atoms with Gasteiger partial charge in [0, 0.05) is 37.5 Å². The molecule has 148 valence electrons. The molecule has 8 nitrogen and oxygen atoms in total. The molecule has 0 saturated heterocycles. The second kappa shape index (κ2) is 7.87. The van der Waals surface area contributed by atoms with Gasteiger partial charge in [0.05, 0.1) is 17.7 Å². The van der Waals surface area contributed by atoms with Crippen LogP contribution in [0.25, 0.3) is 11.3 Å². The van der Waals surface area contributed by atoms with E-state index in [0.29, 0.717) is 5.82 Å². The molecule has 1 N–H and O–H groups in total. The van der Waals surface area contributed by atoms with Crippen molar-refractivity contribution in [2.75, 3.05) is 6.54 Å². The van der Waals surface area contributed by atoms with Crippen LogP contribution in [0.5, 0.6) is 0 Å². The molecule has 4 rings (SSSR count). The largest absolute Gasteiger partial charge is 0.355 e. The standard InChI is InChI=1S/C18H14F2N6O2S/c1-26-8-10(6-23-26)13(17-22-9-29-25-17)7-21-18(27)15-5-16(28-24-15)12-3-2-11(19)4-14(12)20/h2-6,8-9,13H,7H2,1H3,(H,21,27). The molecular formula is C18H14F2N6O2S. The van der Waals surface area contributed by atoms with E-state index in [9.17, 15) is 13.6 Å². The van der Waals surface area contributed by atoms with Gasteiger partial charge in [0.15, 0.2) is 17.3 Å². The first kappa shape index (κ1) is 18.9. The van der Waals surface area contributed by atoms with Gasteiger partial charge in [-0.05, 0) is 23.7 Å². The van der Waals surface area contributed by atoms with Gasteiger partial charge in [-0.25, -0.2) is 13.8 Å². The lowest BCUT2D eigenvalue weighted by Crippen LogP contribution is -2.29. The van der Waals surface area contributed by atoms with E-state index in [1.807, 2.05) is 6.20 Å². The number of carbonyl (C=O) groups excluding carboxylic acids is 1. The Morgan fingerprint density at radius 3 is 2.90 bits per heavy atom. The normalized spacial score (nSPS) is 12.1. The summed E-state index contributed by atoms with van der Waals surface area (Å²) >= 11 is 1.21. The van der Waals surface area contributed by atoms with Gasteiger partial charge in [0.2, 0.25) is 0 Å². The minimum atomic E-state index is -0.806. The third-order valence-corrected chi connectivity index (χ3v) is 4.72. The summed E-state index contributed by atoms with van der Waals surface area (Å²) in [6.45, 7) is 0.203. The highest BCUT2D eigenvalue weighted by atomic mass is 32.1. The summed E-state index contributed by atoms with van der Waals surface area (Å²) in [6.07, 6.45) is 3.51. The molecular weight excluding hydrogens is 402 g/mol. The van der Waals surface area contributed by atoms with E-state index in [2.05, 4.69) is 24.9 Å². The van der Waals surface area contributed by atoms with Crippen LogP contribution in [0.15, 0.2) is 46.7 Å². The van der Waals surface area contributed by atoms with Crippen molar-refractivity contribution in [3.05, 3.63) is 70.9 Å². The van der Waals surface area contributed by atoms with E-state index in [1.54, 1.807) is 23.4 Å². The van der Waals surface area contributed by atoms with E-state index < -0.39 is 17.5 Å². The van der Waals surface area contributed by atoms with Crippen molar-refractivity contribution in [3.8, 4) is 11.3 Å². The van der Waals surface area contributed by atoms with Crippen molar-refractivity contribution in [2.24, 2.45) is 7.05 Å². The van der Waals surface area contributed by atoms with Crippen LogP contribution in [0.4, 0.5) is 8.78 Å². The van der Waals surface area contributed by atoms with Gasteiger partial charge in [-0.2, -0.15) is 9.47 Å². The van der Waals surface area contributed by atoms with Gasteiger partial charge in [-0.3, -0.25) is 9.48 Å². The molecule has 0 aliphatic carbocycles. The molecule has 29 heavy (non-hydrogen) atoms. The van der Waals surface area contributed by atoms with Crippen LogP contribution in [0.1, 0.15) is 27.8 Å². The fourth-order valence-electron chi connectivity index (χ4n) is 2.79. The van der Waals surface area contributed by atoms with Crippen LogP contribution in [0.2, 0.25) is 0 Å². The zero-order valence-electron chi connectivity index (χ0n) is 15.0. The van der Waals surface area contributed by atoms with E-state index in [4.69, 9.17) is 4.52 Å². The van der Waals surface area contributed by atoms with Gasteiger partial charge in [0.25, 0.3) is 5.91 Å². The molecule has 0 saturated carbocycles. The molecule has 4 aromatic rings. The first-order valence-electron chi connectivity index (χ1n) is 8.46. The lowest BCUT2D eigenvalue weighted by atomic mass is 10.0. The SMILES string of the molecule is Cn1cc(C(CNC(=O)c2cc(-c3ccc(F)cc3F)on2)c2ncsn2)cn1. The number of amides is 1. The van der Waals surface area contributed by atoms with Crippen molar-refractivity contribution in [3.63, 3.8) is 0 Å². The number of rotatable bonds is 6. The Labute approximate surface area is 167 Å². The van der Waals surface area contributed by atoms with Crippen molar-refractivity contribution < 1.29 is 18.1 Å². The quantitative estimate of drug-likeness (QED) is 0.519. The zero-order chi connectivity index (χ0) is 20.4. The molecule has 11 heteroatoms. The molecule has 3 aromatic heterocycles. The second-order valence-corrected chi connectivity index (χ2v) is 6.80. The van der Waals surface area contributed by atoms with E-state index in [1.165, 1.54) is 23.7 Å². The average Bonchev–Trinajstić information content (AvgIpc) is 3.44. The van der Waals surface area contributed by atoms with E-state index in [0.717, 1.165) is 17.7 Å². The molecule has 0 aliphatic heterocycles. The maximum Gasteiger partial charge on any atom is 0.273 e. The zero-order valence-corrected chi connectivity index (χ0v) is 15.9. The lowest BCUT2D eigenvalue weighted by molar-refractivity contribution is 0.0943. The highest BCUT2D eigenvalue weighted by Gasteiger charge is 2.22. The number of aromatic nitrogens is 5. The molecule has 0 bridgehead atoms. The third-order valence-electron chi connectivity index (χ3n) is 4.22. The Hall–Kier alpha value is -3.47. The molecule has 3 heterocycles. The number of halogens is 2. The highest BCUT2D eigenvalue weighted by molar-refractivity contribution is 7.03. The fraction of sp³-hybridized carbons (Fsp3) is 0.167. The first-order chi connectivity index (χ1) is 14.0.